The zero-order valence-corrected chi connectivity index (χ0v) is 15.8. The molecule has 142 valence electrons. The zero-order chi connectivity index (χ0) is 20.0. The molecule has 5 aromatic rings. The quantitative estimate of drug-likeness (QED) is 0.476. The van der Waals surface area contributed by atoms with Crippen molar-refractivity contribution in [2.45, 2.75) is 13.5 Å². The highest BCUT2D eigenvalue weighted by molar-refractivity contribution is 5.90. The van der Waals surface area contributed by atoms with Crippen molar-refractivity contribution in [3.8, 4) is 11.4 Å². The molecule has 0 spiro atoms. The number of halogens is 1. The van der Waals surface area contributed by atoms with Crippen molar-refractivity contribution in [2.75, 3.05) is 0 Å². The highest BCUT2D eigenvalue weighted by Gasteiger charge is 2.22. The van der Waals surface area contributed by atoms with Gasteiger partial charge in [0.05, 0.1) is 28.1 Å². The van der Waals surface area contributed by atoms with Crippen LogP contribution in [0.1, 0.15) is 11.1 Å². The fourth-order valence-corrected chi connectivity index (χ4v) is 3.58. The molecule has 6 heteroatoms. The van der Waals surface area contributed by atoms with Gasteiger partial charge in [0.1, 0.15) is 5.82 Å². The van der Waals surface area contributed by atoms with Gasteiger partial charge in [-0.2, -0.15) is 0 Å². The van der Waals surface area contributed by atoms with Crippen molar-refractivity contribution < 1.29 is 9.37 Å². The Bertz CT molecular complexity index is 1420. The monoisotopic (exact) mass is 385 g/mol. The molecule has 2 heterocycles. The number of para-hydroxylation sites is 1. The maximum Gasteiger partial charge on any atom is 0.423 e. The lowest BCUT2D eigenvalue weighted by Gasteiger charge is -2.09. The van der Waals surface area contributed by atoms with Gasteiger partial charge in [0.25, 0.3) is 5.65 Å². The lowest BCUT2D eigenvalue weighted by atomic mass is 10.1. The summed E-state index contributed by atoms with van der Waals surface area (Å²) >= 11 is 0. The van der Waals surface area contributed by atoms with E-state index in [4.69, 9.17) is 0 Å². The number of nitrogens with zero attached hydrogens (tertiary/aromatic N) is 3. The summed E-state index contributed by atoms with van der Waals surface area (Å²) in [6.07, 6.45) is 0. The van der Waals surface area contributed by atoms with Crippen molar-refractivity contribution in [2.24, 2.45) is 0 Å². The standard InChI is InChI=1S/C23H17FN4O/c1-15-10-12-16(13-11-15)21-25-22-18-7-3-5-9-20(18)27(23(29)28(22)26-21)14-17-6-2-4-8-19(17)24/h2-13H,14H2,1H3/p+1. The Balaban J connectivity index is 1.77. The minimum absolute atomic E-state index is 0.127. The molecular formula is C23H18FN4O+. The van der Waals surface area contributed by atoms with Crippen molar-refractivity contribution in [1.82, 2.24) is 14.2 Å². The largest absolute Gasteiger partial charge is 0.423 e. The van der Waals surface area contributed by atoms with E-state index in [1.54, 1.807) is 22.8 Å². The average Bonchev–Trinajstić information content (AvgIpc) is 3.19. The number of aromatic amines is 1. The molecule has 0 radical (unpaired) electrons. The maximum absolute atomic E-state index is 14.2. The highest BCUT2D eigenvalue weighted by Crippen LogP contribution is 2.19. The number of rotatable bonds is 3. The van der Waals surface area contributed by atoms with Gasteiger partial charge in [-0.15, -0.1) is 0 Å². The van der Waals surface area contributed by atoms with E-state index in [9.17, 15) is 9.18 Å². The minimum Gasteiger partial charge on any atom is -0.273 e. The minimum atomic E-state index is -0.337. The van der Waals surface area contributed by atoms with Crippen molar-refractivity contribution in [1.29, 1.82) is 0 Å². The predicted molar refractivity (Wildman–Crippen MR) is 109 cm³/mol. The van der Waals surface area contributed by atoms with Gasteiger partial charge in [-0.05, 0) is 41.8 Å². The summed E-state index contributed by atoms with van der Waals surface area (Å²) in [7, 11) is 0. The topological polar surface area (TPSA) is 53.4 Å². The van der Waals surface area contributed by atoms with Crippen molar-refractivity contribution >= 4 is 16.6 Å². The Labute approximate surface area is 165 Å². The maximum atomic E-state index is 14.2. The van der Waals surface area contributed by atoms with Crippen LogP contribution in [0, 0.1) is 12.7 Å². The molecule has 0 unspecified atom stereocenters. The van der Waals surface area contributed by atoms with Gasteiger partial charge in [-0.25, -0.2) is 14.2 Å². The van der Waals surface area contributed by atoms with E-state index in [1.165, 1.54) is 10.6 Å². The van der Waals surface area contributed by atoms with E-state index in [0.717, 1.165) is 22.0 Å². The first kappa shape index (κ1) is 17.3. The molecule has 0 aliphatic carbocycles. The van der Waals surface area contributed by atoms with Gasteiger partial charge in [0.2, 0.25) is 0 Å². The first-order chi connectivity index (χ1) is 14.1. The predicted octanol–water partition coefficient (Wildman–Crippen LogP) is 3.63. The number of hydrogen-bond acceptors (Lipinski definition) is 2. The lowest BCUT2D eigenvalue weighted by molar-refractivity contribution is -0.331. The molecule has 0 amide bonds. The summed E-state index contributed by atoms with van der Waals surface area (Å²) in [6.45, 7) is 2.15. The summed E-state index contributed by atoms with van der Waals surface area (Å²) in [5.74, 6) is 0.270. The second kappa shape index (κ2) is 6.67. The second-order valence-corrected chi connectivity index (χ2v) is 7.08. The molecule has 0 saturated heterocycles. The van der Waals surface area contributed by atoms with Crippen LogP contribution in [0.5, 0.6) is 0 Å². The SMILES string of the molecule is Cc1ccc(-c2nn3c(=O)n(Cc4ccccc4F)c4ccccc4c3[nH+]2)cc1. The van der Waals surface area contributed by atoms with Gasteiger partial charge in [0.15, 0.2) is 0 Å². The van der Waals surface area contributed by atoms with Crippen LogP contribution in [0.3, 0.4) is 0 Å². The lowest BCUT2D eigenvalue weighted by Crippen LogP contribution is -2.29. The molecule has 5 nitrogen and oxygen atoms in total. The van der Waals surface area contributed by atoms with Crippen LogP contribution in [0.15, 0.2) is 77.6 Å². The average molecular weight is 385 g/mol. The molecule has 29 heavy (non-hydrogen) atoms. The molecule has 0 bridgehead atoms. The van der Waals surface area contributed by atoms with Crippen LogP contribution >= 0.6 is 0 Å². The Kier molecular flexibility index (Phi) is 3.98. The molecule has 0 aliphatic heterocycles. The van der Waals surface area contributed by atoms with Gasteiger partial charge in [-0.3, -0.25) is 4.57 Å². The molecular weight excluding hydrogens is 367 g/mol. The van der Waals surface area contributed by atoms with Crippen molar-refractivity contribution in [3.63, 3.8) is 0 Å². The Morgan fingerprint density at radius 1 is 0.966 bits per heavy atom. The van der Waals surface area contributed by atoms with E-state index >= 15 is 0 Å². The van der Waals surface area contributed by atoms with E-state index in [2.05, 4.69) is 10.1 Å². The molecule has 2 aromatic heterocycles. The van der Waals surface area contributed by atoms with Crippen LogP contribution in [-0.4, -0.2) is 14.2 Å². The van der Waals surface area contributed by atoms with Crippen LogP contribution in [0.4, 0.5) is 4.39 Å². The van der Waals surface area contributed by atoms with Gasteiger partial charge < -0.3 is 0 Å². The highest BCUT2D eigenvalue weighted by atomic mass is 19.1. The molecule has 0 saturated carbocycles. The number of aryl methyl sites for hydroxylation is 1. The summed E-state index contributed by atoms with van der Waals surface area (Å²) < 4.78 is 17.2. The van der Waals surface area contributed by atoms with Crippen LogP contribution in [0.25, 0.3) is 27.9 Å². The van der Waals surface area contributed by atoms with E-state index in [-0.39, 0.29) is 18.1 Å². The molecule has 0 aliphatic rings. The summed E-state index contributed by atoms with van der Waals surface area (Å²) in [6, 6.07) is 22.0. The molecule has 0 atom stereocenters. The summed E-state index contributed by atoms with van der Waals surface area (Å²) in [5.41, 5.74) is 3.51. The third kappa shape index (κ3) is 2.89. The fraction of sp³-hybridized carbons (Fsp3) is 0.0870. The number of H-pyrrole nitrogens is 1. The zero-order valence-electron chi connectivity index (χ0n) is 15.8. The number of nitrogens with one attached hydrogen (secondary N) is 1. The number of hydrogen-bond donors (Lipinski definition) is 0. The molecule has 3 aromatic carbocycles. The van der Waals surface area contributed by atoms with E-state index in [0.29, 0.717) is 17.0 Å². The second-order valence-electron chi connectivity index (χ2n) is 7.08. The molecule has 1 N–H and O–H groups in total. The number of aromatic nitrogens is 4. The van der Waals surface area contributed by atoms with Gasteiger partial charge in [-0.1, -0.05) is 48.0 Å². The van der Waals surface area contributed by atoms with Crippen LogP contribution < -0.4 is 10.7 Å². The van der Waals surface area contributed by atoms with Crippen molar-refractivity contribution in [3.05, 3.63) is 100 Å². The van der Waals surface area contributed by atoms with Crippen LogP contribution in [-0.2, 0) is 6.54 Å². The Morgan fingerprint density at radius 2 is 1.69 bits per heavy atom. The smallest absolute Gasteiger partial charge is 0.273 e. The fourth-order valence-electron chi connectivity index (χ4n) is 3.58. The molecule has 5 rings (SSSR count). The molecule has 0 fully saturated rings. The third-order valence-electron chi connectivity index (χ3n) is 5.12. The normalized spacial score (nSPS) is 11.4. The summed E-state index contributed by atoms with van der Waals surface area (Å²) in [4.78, 5) is 16.6. The number of benzene rings is 3. The third-order valence-corrected chi connectivity index (χ3v) is 5.12. The first-order valence-corrected chi connectivity index (χ1v) is 9.36. The Morgan fingerprint density at radius 3 is 2.48 bits per heavy atom. The summed E-state index contributed by atoms with van der Waals surface area (Å²) in [5, 5.41) is 5.36. The van der Waals surface area contributed by atoms with Gasteiger partial charge in [0, 0.05) is 5.56 Å². The van der Waals surface area contributed by atoms with Gasteiger partial charge >= 0.3 is 11.5 Å². The first-order valence-electron chi connectivity index (χ1n) is 9.36. The van der Waals surface area contributed by atoms with E-state index in [1.807, 2.05) is 55.5 Å². The Hall–Kier alpha value is -3.80. The van der Waals surface area contributed by atoms with E-state index < -0.39 is 0 Å². The van der Waals surface area contributed by atoms with Crippen LogP contribution in [0.2, 0.25) is 0 Å². The number of fused-ring (bicyclic) bond motifs is 3.